The Morgan fingerprint density at radius 1 is 1.11 bits per heavy atom. The smallest absolute Gasteiger partial charge is 0.407 e. The molecule has 2 aromatic rings. The van der Waals surface area contributed by atoms with Gasteiger partial charge in [-0.3, -0.25) is 14.6 Å². The fourth-order valence-corrected chi connectivity index (χ4v) is 6.43. The number of nitrogens with zero attached hydrogens (tertiary/aromatic N) is 5. The van der Waals surface area contributed by atoms with Crippen molar-refractivity contribution in [2.75, 3.05) is 77.2 Å². The van der Waals surface area contributed by atoms with E-state index in [9.17, 15) is 24.2 Å². The van der Waals surface area contributed by atoms with E-state index in [0.29, 0.717) is 76.1 Å². The number of hydrogen-bond acceptors (Lipinski definition) is 9. The summed E-state index contributed by atoms with van der Waals surface area (Å²) < 4.78 is 31.1. The number of fused-ring (bicyclic) bond motifs is 1. The molecule has 0 spiro atoms. The van der Waals surface area contributed by atoms with Crippen LogP contribution in [0, 0.1) is 5.82 Å². The molecule has 3 aliphatic rings. The Hall–Kier alpha value is -3.36. The van der Waals surface area contributed by atoms with Crippen molar-refractivity contribution >= 4 is 17.7 Å². The Bertz CT molecular complexity index is 1350. The van der Waals surface area contributed by atoms with E-state index in [1.807, 2.05) is 26.8 Å². The first-order valence-electron chi connectivity index (χ1n) is 16.1. The monoisotopic (exact) mass is 643 g/mol. The molecular weight excluding hydrogens is 597 g/mol. The number of anilines is 1. The number of hydrogen-bond donors (Lipinski definition) is 2. The van der Waals surface area contributed by atoms with E-state index < -0.39 is 6.09 Å². The third-order valence-electron chi connectivity index (χ3n) is 8.89. The highest BCUT2D eigenvalue weighted by molar-refractivity contribution is 5.96. The first kappa shape index (κ1) is 34.0. The molecule has 2 N–H and O–H groups in total. The first-order valence-corrected chi connectivity index (χ1v) is 16.1. The first-order chi connectivity index (χ1) is 22.1. The molecule has 2 saturated heterocycles. The Balaban J connectivity index is 1.37. The minimum absolute atomic E-state index is 0.0381. The summed E-state index contributed by atoms with van der Waals surface area (Å²) in [7, 11) is 0. The summed E-state index contributed by atoms with van der Waals surface area (Å²) in [5.74, 6) is -0.109. The Kier molecular flexibility index (Phi) is 11.4. The van der Waals surface area contributed by atoms with E-state index in [2.05, 4.69) is 9.80 Å². The zero-order valence-electron chi connectivity index (χ0n) is 26.9. The molecule has 13 heteroatoms. The number of carbonyl (C=O) groups is 2. The van der Waals surface area contributed by atoms with Crippen molar-refractivity contribution in [2.45, 2.75) is 57.8 Å². The second-order valence-electron chi connectivity index (χ2n) is 12.6. The van der Waals surface area contributed by atoms with Gasteiger partial charge in [0.15, 0.2) is 0 Å². The number of carbonyl (C=O) groups excluding carboxylic acids is 1. The molecule has 2 amide bonds. The van der Waals surface area contributed by atoms with E-state index in [1.54, 1.807) is 17.0 Å². The number of carboxylic acid groups (broad SMARTS) is 1. The van der Waals surface area contributed by atoms with Gasteiger partial charge in [-0.2, -0.15) is 0 Å². The van der Waals surface area contributed by atoms with Gasteiger partial charge in [0.05, 0.1) is 50.7 Å². The number of morpholine rings is 1. The van der Waals surface area contributed by atoms with E-state index >= 15 is 0 Å². The Labute approximate surface area is 269 Å². The second kappa shape index (κ2) is 15.5. The van der Waals surface area contributed by atoms with Crippen LogP contribution in [0.25, 0.3) is 0 Å². The SMILES string of the molecule is CC(C)OC[C@@H]1COCCN1C[C@H]1CN(C(=O)O)[C@H](C)CN1CC(=O)N1CCOc2nc(CCO)c(Cc3ccc(F)cc3)cc21. The molecule has 1 aromatic heterocycles. The molecule has 3 atom stereocenters. The molecule has 1 aromatic carbocycles. The van der Waals surface area contributed by atoms with E-state index in [4.69, 9.17) is 19.2 Å². The summed E-state index contributed by atoms with van der Waals surface area (Å²) in [5, 5.41) is 19.6. The molecule has 46 heavy (non-hydrogen) atoms. The fourth-order valence-electron chi connectivity index (χ4n) is 6.43. The van der Waals surface area contributed by atoms with E-state index in [0.717, 1.165) is 11.1 Å². The number of aliphatic hydroxyl groups excluding tert-OH is 1. The van der Waals surface area contributed by atoms with Crippen LogP contribution in [0.1, 0.15) is 37.6 Å². The number of aromatic nitrogens is 1. The number of ether oxygens (including phenoxy) is 3. The van der Waals surface area contributed by atoms with Crippen LogP contribution in [-0.4, -0.2) is 138 Å². The fraction of sp³-hybridized carbons (Fsp3) is 0.606. The highest BCUT2D eigenvalue weighted by atomic mass is 19.1. The van der Waals surface area contributed by atoms with Crippen LogP contribution in [-0.2, 0) is 27.1 Å². The van der Waals surface area contributed by atoms with Gasteiger partial charge in [0.1, 0.15) is 18.1 Å². The number of piperazine rings is 1. The lowest BCUT2D eigenvalue weighted by Gasteiger charge is -2.47. The number of benzene rings is 1. The maximum Gasteiger partial charge on any atom is 0.407 e. The third-order valence-corrected chi connectivity index (χ3v) is 8.89. The topological polar surface area (TPSA) is 128 Å². The zero-order valence-corrected chi connectivity index (χ0v) is 26.9. The van der Waals surface area contributed by atoms with E-state index in [1.165, 1.54) is 17.0 Å². The number of amides is 2. The molecule has 252 valence electrons. The maximum absolute atomic E-state index is 14.1. The summed E-state index contributed by atoms with van der Waals surface area (Å²) in [6, 6.07) is 7.67. The maximum atomic E-state index is 14.1. The summed E-state index contributed by atoms with van der Waals surface area (Å²) in [4.78, 5) is 38.5. The Morgan fingerprint density at radius 3 is 2.61 bits per heavy atom. The lowest BCUT2D eigenvalue weighted by Crippen LogP contribution is -2.64. The van der Waals surface area contributed by atoms with Gasteiger partial charge in [-0.1, -0.05) is 12.1 Å². The molecule has 0 radical (unpaired) electrons. The highest BCUT2D eigenvalue weighted by Gasteiger charge is 2.39. The van der Waals surface area contributed by atoms with Gasteiger partial charge in [-0.15, -0.1) is 0 Å². The van der Waals surface area contributed by atoms with Crippen LogP contribution in [0.15, 0.2) is 30.3 Å². The van der Waals surface area contributed by atoms with Crippen molar-refractivity contribution in [3.63, 3.8) is 0 Å². The predicted molar refractivity (Wildman–Crippen MR) is 169 cm³/mol. The molecule has 0 saturated carbocycles. The van der Waals surface area contributed by atoms with Gasteiger partial charge in [0.2, 0.25) is 11.8 Å². The minimum Gasteiger partial charge on any atom is -0.474 e. The van der Waals surface area contributed by atoms with Crippen molar-refractivity contribution in [2.24, 2.45) is 0 Å². The quantitative estimate of drug-likeness (QED) is 0.377. The van der Waals surface area contributed by atoms with Gasteiger partial charge in [-0.25, -0.2) is 14.2 Å². The van der Waals surface area contributed by atoms with Crippen LogP contribution in [0.3, 0.4) is 0 Å². The molecule has 12 nitrogen and oxygen atoms in total. The summed E-state index contributed by atoms with van der Waals surface area (Å²) >= 11 is 0. The molecule has 2 fully saturated rings. The number of halogens is 1. The molecular formula is C33H46FN5O7. The van der Waals surface area contributed by atoms with Gasteiger partial charge < -0.3 is 34.2 Å². The largest absolute Gasteiger partial charge is 0.474 e. The Morgan fingerprint density at radius 2 is 1.89 bits per heavy atom. The molecule has 4 heterocycles. The van der Waals surface area contributed by atoms with Crippen LogP contribution < -0.4 is 9.64 Å². The lowest BCUT2D eigenvalue weighted by molar-refractivity contribution is -0.122. The lowest BCUT2D eigenvalue weighted by atomic mass is 10.0. The van der Waals surface area contributed by atoms with Crippen LogP contribution in [0.5, 0.6) is 5.88 Å². The van der Waals surface area contributed by atoms with Gasteiger partial charge >= 0.3 is 6.09 Å². The third kappa shape index (κ3) is 8.31. The minimum atomic E-state index is -0.967. The van der Waals surface area contributed by atoms with Crippen molar-refractivity contribution in [1.82, 2.24) is 19.7 Å². The average molecular weight is 644 g/mol. The summed E-state index contributed by atoms with van der Waals surface area (Å²) in [6.45, 7) is 10.1. The standard InChI is InChI=1S/C33H46FN5O7/c1-22(2)46-21-28-20-44-12-9-36(28)17-27-18-39(33(42)43)23(3)16-37(27)19-31(41)38-10-13-45-32-30(38)15-25(29(35-32)8-11-40)14-24-4-6-26(34)7-5-24/h4-7,15,22-23,27-28,40H,8-14,16-21H2,1-3H3,(H,42,43)/t23-,27+,28+/m1/s1. The van der Waals surface area contributed by atoms with Gasteiger partial charge in [0.25, 0.3) is 0 Å². The van der Waals surface area contributed by atoms with Crippen molar-refractivity contribution in [1.29, 1.82) is 0 Å². The normalized spacial score (nSPS) is 22.5. The molecule has 0 aliphatic carbocycles. The van der Waals surface area contributed by atoms with Gasteiger partial charge in [0, 0.05) is 51.3 Å². The van der Waals surface area contributed by atoms with Crippen LogP contribution in [0.4, 0.5) is 14.9 Å². The van der Waals surface area contributed by atoms with Crippen LogP contribution >= 0.6 is 0 Å². The average Bonchev–Trinajstić information content (AvgIpc) is 3.02. The van der Waals surface area contributed by atoms with Gasteiger partial charge in [-0.05, 0) is 56.5 Å². The predicted octanol–water partition coefficient (Wildman–Crippen LogP) is 2.25. The van der Waals surface area contributed by atoms with Crippen molar-refractivity contribution < 1.29 is 38.4 Å². The molecule has 5 rings (SSSR count). The summed E-state index contributed by atoms with van der Waals surface area (Å²) in [6.07, 6.45) is -0.113. The van der Waals surface area contributed by atoms with Crippen molar-refractivity contribution in [3.8, 4) is 5.88 Å². The number of aliphatic hydroxyl groups is 1. The number of rotatable bonds is 11. The van der Waals surface area contributed by atoms with Crippen molar-refractivity contribution in [3.05, 3.63) is 53.0 Å². The molecule has 3 aliphatic heterocycles. The summed E-state index contributed by atoms with van der Waals surface area (Å²) in [5.41, 5.74) is 2.93. The zero-order chi connectivity index (χ0) is 32.8. The van der Waals surface area contributed by atoms with E-state index in [-0.39, 0.29) is 62.3 Å². The second-order valence-corrected chi connectivity index (χ2v) is 12.6. The molecule has 0 bridgehead atoms. The number of pyridine rings is 1. The van der Waals surface area contributed by atoms with Crippen LogP contribution in [0.2, 0.25) is 0 Å². The highest BCUT2D eigenvalue weighted by Crippen LogP contribution is 2.33. The molecule has 0 unspecified atom stereocenters.